The number of sulfonamides is 1. The summed E-state index contributed by atoms with van der Waals surface area (Å²) in [6.45, 7) is 0.827. The lowest BCUT2D eigenvalue weighted by molar-refractivity contribution is -0.384. The molecule has 1 fully saturated rings. The second-order valence-electron chi connectivity index (χ2n) is 7.55. The van der Waals surface area contributed by atoms with E-state index in [4.69, 9.17) is 11.6 Å². The van der Waals surface area contributed by atoms with E-state index in [0.717, 1.165) is 50.1 Å². The summed E-state index contributed by atoms with van der Waals surface area (Å²) in [5.41, 5.74) is 1.13. The van der Waals surface area contributed by atoms with Gasteiger partial charge in [-0.1, -0.05) is 30.2 Å². The fourth-order valence-electron chi connectivity index (χ4n) is 3.75. The lowest BCUT2D eigenvalue weighted by Gasteiger charge is -2.22. The molecule has 0 aromatic heterocycles. The monoisotopic (exact) mass is 451 g/mol. The number of aryl methyl sites for hydroxylation is 1. The van der Waals surface area contributed by atoms with Crippen LogP contribution in [0.15, 0.2) is 53.4 Å². The number of nitrogens with one attached hydrogen (secondary N) is 2. The van der Waals surface area contributed by atoms with E-state index in [0.29, 0.717) is 0 Å². The van der Waals surface area contributed by atoms with Gasteiger partial charge in [-0.3, -0.25) is 10.1 Å². The van der Waals surface area contributed by atoms with E-state index < -0.39 is 14.9 Å². The minimum absolute atomic E-state index is 0.0433. The van der Waals surface area contributed by atoms with Crippen LogP contribution in [-0.2, 0) is 16.4 Å². The quantitative estimate of drug-likeness (QED) is 0.322. The van der Waals surface area contributed by atoms with Crippen LogP contribution in [0.3, 0.4) is 0 Å². The third-order valence-electron chi connectivity index (χ3n) is 5.39. The molecule has 2 N–H and O–H groups in total. The molecule has 30 heavy (non-hydrogen) atoms. The van der Waals surface area contributed by atoms with Crippen LogP contribution in [0, 0.1) is 10.1 Å². The van der Waals surface area contributed by atoms with Crippen molar-refractivity contribution in [3.63, 3.8) is 0 Å². The predicted octanol–water partition coefficient (Wildman–Crippen LogP) is 4.06. The molecule has 2 unspecified atom stereocenters. The van der Waals surface area contributed by atoms with Gasteiger partial charge in [-0.2, -0.15) is 0 Å². The molecule has 9 heteroatoms. The smallest absolute Gasteiger partial charge is 0.269 e. The third-order valence-corrected chi connectivity index (χ3v) is 7.15. The van der Waals surface area contributed by atoms with Gasteiger partial charge in [0.1, 0.15) is 0 Å². The van der Waals surface area contributed by atoms with Gasteiger partial charge < -0.3 is 5.32 Å². The molecule has 3 rings (SSSR count). The molecule has 0 aliphatic heterocycles. The van der Waals surface area contributed by atoms with Crippen LogP contribution in [0.1, 0.15) is 37.7 Å². The fraction of sp³-hybridized carbons (Fsp3) is 0.429. The summed E-state index contributed by atoms with van der Waals surface area (Å²) in [7, 11) is -3.72. The summed E-state index contributed by atoms with van der Waals surface area (Å²) in [5, 5.41) is 15.0. The standard InChI is InChI=1S/C21H26ClN3O4S/c22-17-9-7-16(8-10-17)4-1-2-15-23-20-5-3-6-21(20)24-30(28,29)19-13-11-18(12-14-19)25(26)27/h7-14,20-21,23-24H,1-6,15H2. The number of nitro benzene ring substituents is 1. The molecular weight excluding hydrogens is 426 g/mol. The average Bonchev–Trinajstić information content (AvgIpc) is 3.15. The molecule has 2 aromatic carbocycles. The lowest BCUT2D eigenvalue weighted by Crippen LogP contribution is -2.46. The van der Waals surface area contributed by atoms with Gasteiger partial charge in [0.05, 0.1) is 9.82 Å². The van der Waals surface area contributed by atoms with Crippen molar-refractivity contribution in [1.29, 1.82) is 0 Å². The van der Waals surface area contributed by atoms with Crippen LogP contribution >= 0.6 is 11.6 Å². The van der Waals surface area contributed by atoms with Crippen molar-refractivity contribution in [1.82, 2.24) is 10.0 Å². The van der Waals surface area contributed by atoms with Gasteiger partial charge in [0, 0.05) is 29.2 Å². The lowest BCUT2D eigenvalue weighted by atomic mass is 10.1. The van der Waals surface area contributed by atoms with Crippen molar-refractivity contribution in [3.05, 3.63) is 69.2 Å². The maximum Gasteiger partial charge on any atom is 0.269 e. The molecule has 1 aliphatic rings. The molecule has 0 radical (unpaired) electrons. The maximum absolute atomic E-state index is 12.7. The maximum atomic E-state index is 12.7. The van der Waals surface area contributed by atoms with Gasteiger partial charge in [-0.25, -0.2) is 13.1 Å². The number of rotatable bonds is 10. The highest BCUT2D eigenvalue weighted by molar-refractivity contribution is 7.89. The highest BCUT2D eigenvalue weighted by Gasteiger charge is 2.31. The number of nitrogens with zero attached hydrogens (tertiary/aromatic N) is 1. The Morgan fingerprint density at radius 3 is 2.33 bits per heavy atom. The predicted molar refractivity (Wildman–Crippen MR) is 117 cm³/mol. The molecule has 0 amide bonds. The van der Waals surface area contributed by atoms with E-state index in [1.165, 1.54) is 29.8 Å². The Kier molecular flexibility index (Phi) is 7.82. The number of hydrogen-bond donors (Lipinski definition) is 2. The topological polar surface area (TPSA) is 101 Å². The highest BCUT2D eigenvalue weighted by Crippen LogP contribution is 2.23. The van der Waals surface area contributed by atoms with Crippen LogP contribution in [0.5, 0.6) is 0 Å². The first kappa shape index (κ1) is 22.7. The van der Waals surface area contributed by atoms with Crippen molar-refractivity contribution in [2.45, 2.75) is 55.5 Å². The zero-order chi connectivity index (χ0) is 21.6. The summed E-state index contributed by atoms with van der Waals surface area (Å²) >= 11 is 5.90. The number of non-ortho nitro benzene ring substituents is 1. The molecule has 1 saturated carbocycles. The van der Waals surface area contributed by atoms with Crippen LogP contribution in [0.2, 0.25) is 5.02 Å². The van der Waals surface area contributed by atoms with Gasteiger partial charge in [-0.05, 0) is 68.5 Å². The number of benzene rings is 2. The van der Waals surface area contributed by atoms with Gasteiger partial charge in [-0.15, -0.1) is 0 Å². The largest absolute Gasteiger partial charge is 0.312 e. The van der Waals surface area contributed by atoms with Crippen molar-refractivity contribution >= 4 is 27.3 Å². The third kappa shape index (κ3) is 6.25. The summed E-state index contributed by atoms with van der Waals surface area (Å²) < 4.78 is 28.1. The van der Waals surface area contributed by atoms with Gasteiger partial charge in [0.25, 0.3) is 5.69 Å². The van der Waals surface area contributed by atoms with Gasteiger partial charge in [0.2, 0.25) is 10.0 Å². The van der Waals surface area contributed by atoms with E-state index in [1.54, 1.807) is 0 Å². The Bertz CT molecular complexity index is 949. The summed E-state index contributed by atoms with van der Waals surface area (Å²) in [4.78, 5) is 10.2. The Hall–Kier alpha value is -2.00. The van der Waals surface area contributed by atoms with E-state index in [-0.39, 0.29) is 22.7 Å². The zero-order valence-corrected chi connectivity index (χ0v) is 18.2. The Morgan fingerprint density at radius 2 is 1.67 bits per heavy atom. The SMILES string of the molecule is O=[N+]([O-])c1ccc(S(=O)(=O)NC2CCCC2NCCCCc2ccc(Cl)cc2)cc1. The molecule has 1 aliphatic carbocycles. The Balaban J connectivity index is 1.46. The van der Waals surface area contributed by atoms with E-state index in [1.807, 2.05) is 24.3 Å². The number of hydrogen-bond acceptors (Lipinski definition) is 5. The van der Waals surface area contributed by atoms with Crippen LogP contribution < -0.4 is 10.0 Å². The van der Waals surface area contributed by atoms with Crippen molar-refractivity contribution < 1.29 is 13.3 Å². The average molecular weight is 452 g/mol. The first-order chi connectivity index (χ1) is 14.3. The minimum atomic E-state index is -3.72. The number of unbranched alkanes of at least 4 members (excludes halogenated alkanes) is 1. The summed E-state index contributed by atoms with van der Waals surface area (Å²) in [6.07, 6.45) is 5.68. The zero-order valence-electron chi connectivity index (χ0n) is 16.6. The van der Waals surface area contributed by atoms with Gasteiger partial charge in [0.15, 0.2) is 0 Å². The Labute approximate surface area is 182 Å². The minimum Gasteiger partial charge on any atom is -0.312 e. The fourth-order valence-corrected chi connectivity index (χ4v) is 5.19. The van der Waals surface area contributed by atoms with Crippen molar-refractivity contribution in [2.75, 3.05) is 6.54 Å². The highest BCUT2D eigenvalue weighted by atomic mass is 35.5. The van der Waals surface area contributed by atoms with Gasteiger partial charge >= 0.3 is 0 Å². The first-order valence-electron chi connectivity index (χ1n) is 10.1. The first-order valence-corrected chi connectivity index (χ1v) is 12.0. The molecule has 0 bridgehead atoms. The molecule has 0 spiro atoms. The molecule has 2 aromatic rings. The van der Waals surface area contributed by atoms with Crippen molar-refractivity contribution in [2.24, 2.45) is 0 Å². The van der Waals surface area contributed by atoms with E-state index in [2.05, 4.69) is 10.0 Å². The molecular formula is C21H26ClN3O4S. The van der Waals surface area contributed by atoms with E-state index in [9.17, 15) is 18.5 Å². The number of halogens is 1. The second kappa shape index (κ2) is 10.3. The molecule has 0 heterocycles. The Morgan fingerprint density at radius 1 is 1.00 bits per heavy atom. The molecule has 162 valence electrons. The molecule has 0 saturated heterocycles. The summed E-state index contributed by atoms with van der Waals surface area (Å²) in [5.74, 6) is 0. The van der Waals surface area contributed by atoms with E-state index >= 15 is 0 Å². The number of nitro groups is 1. The van der Waals surface area contributed by atoms with Crippen LogP contribution in [0.4, 0.5) is 5.69 Å². The molecule has 2 atom stereocenters. The normalized spacial score (nSPS) is 19.1. The second-order valence-corrected chi connectivity index (χ2v) is 9.70. The molecule has 7 nitrogen and oxygen atoms in total. The summed E-state index contributed by atoms with van der Waals surface area (Å²) in [6, 6.07) is 12.7. The van der Waals surface area contributed by atoms with Crippen LogP contribution in [-0.4, -0.2) is 32.0 Å². The van der Waals surface area contributed by atoms with Crippen molar-refractivity contribution in [3.8, 4) is 0 Å². The van der Waals surface area contributed by atoms with Crippen LogP contribution in [0.25, 0.3) is 0 Å².